The quantitative estimate of drug-likeness (QED) is 0.829. The molecule has 6 heteroatoms. The van der Waals surface area contributed by atoms with Gasteiger partial charge in [-0.05, 0) is 60.9 Å². The van der Waals surface area contributed by atoms with E-state index >= 15 is 0 Å². The lowest BCUT2D eigenvalue weighted by molar-refractivity contribution is -0.121. The standard InChI is InChI=1S/C21H24N2O3S/c22-20-16-10-9-15(12-16)19(20)21(24)23-17-6-4-5-14(11-17)13-27(25,26)18-7-2-1-3-8-18/h1-8,11,15-16,19-20H,9-10,12-13,22H2,(H,23,24). The molecular formula is C21H24N2O3S. The summed E-state index contributed by atoms with van der Waals surface area (Å²) < 4.78 is 25.1. The van der Waals surface area contributed by atoms with Gasteiger partial charge in [0.25, 0.3) is 0 Å². The number of anilines is 1. The van der Waals surface area contributed by atoms with Crippen molar-refractivity contribution in [1.82, 2.24) is 0 Å². The first-order valence-corrected chi connectivity index (χ1v) is 11.0. The van der Waals surface area contributed by atoms with Gasteiger partial charge in [-0.1, -0.05) is 30.3 Å². The van der Waals surface area contributed by atoms with Gasteiger partial charge < -0.3 is 11.1 Å². The van der Waals surface area contributed by atoms with Crippen LogP contribution < -0.4 is 11.1 Å². The van der Waals surface area contributed by atoms with Crippen LogP contribution in [0, 0.1) is 17.8 Å². The van der Waals surface area contributed by atoms with E-state index in [1.54, 1.807) is 54.6 Å². The van der Waals surface area contributed by atoms with Crippen LogP contribution in [-0.4, -0.2) is 20.4 Å². The normalized spacial score (nSPS) is 26.9. The van der Waals surface area contributed by atoms with Gasteiger partial charge in [-0.25, -0.2) is 8.42 Å². The van der Waals surface area contributed by atoms with Crippen LogP contribution in [0.3, 0.4) is 0 Å². The SMILES string of the molecule is NC1C2CCC(C2)C1C(=O)Nc1cccc(CS(=O)(=O)c2ccccc2)c1. The lowest BCUT2D eigenvalue weighted by atomic mass is 9.84. The Morgan fingerprint density at radius 1 is 1.04 bits per heavy atom. The summed E-state index contributed by atoms with van der Waals surface area (Å²) >= 11 is 0. The van der Waals surface area contributed by atoms with Crippen molar-refractivity contribution in [3.05, 3.63) is 60.2 Å². The largest absolute Gasteiger partial charge is 0.327 e. The summed E-state index contributed by atoms with van der Waals surface area (Å²) in [5.41, 5.74) is 7.52. The molecule has 2 aromatic carbocycles. The van der Waals surface area contributed by atoms with Gasteiger partial charge in [0.15, 0.2) is 9.84 Å². The van der Waals surface area contributed by atoms with Gasteiger partial charge in [-0.2, -0.15) is 0 Å². The van der Waals surface area contributed by atoms with Gasteiger partial charge in [-0.15, -0.1) is 0 Å². The Morgan fingerprint density at radius 3 is 2.48 bits per heavy atom. The third-order valence-electron chi connectivity index (χ3n) is 5.94. The highest BCUT2D eigenvalue weighted by Crippen LogP contribution is 2.47. The maximum absolute atomic E-state index is 12.7. The van der Waals surface area contributed by atoms with Crippen molar-refractivity contribution in [1.29, 1.82) is 0 Å². The fraction of sp³-hybridized carbons (Fsp3) is 0.381. The molecule has 2 aliphatic rings. The van der Waals surface area contributed by atoms with Crippen molar-refractivity contribution in [3.8, 4) is 0 Å². The second-order valence-corrected chi connectivity index (χ2v) is 9.69. The summed E-state index contributed by atoms with van der Waals surface area (Å²) in [6.45, 7) is 0. The van der Waals surface area contributed by atoms with E-state index < -0.39 is 9.84 Å². The van der Waals surface area contributed by atoms with Crippen molar-refractivity contribution >= 4 is 21.4 Å². The number of carbonyl (C=O) groups is 1. The van der Waals surface area contributed by atoms with Crippen LogP contribution in [0.15, 0.2) is 59.5 Å². The van der Waals surface area contributed by atoms with Crippen molar-refractivity contribution < 1.29 is 13.2 Å². The maximum atomic E-state index is 12.7. The van der Waals surface area contributed by atoms with Crippen LogP contribution in [0.5, 0.6) is 0 Å². The van der Waals surface area contributed by atoms with E-state index in [0.29, 0.717) is 28.0 Å². The Bertz CT molecular complexity index is 941. The van der Waals surface area contributed by atoms with Gasteiger partial charge >= 0.3 is 0 Å². The molecule has 142 valence electrons. The number of nitrogens with two attached hydrogens (primary N) is 1. The fourth-order valence-electron chi connectivity index (χ4n) is 4.62. The van der Waals surface area contributed by atoms with Gasteiger partial charge in [0.2, 0.25) is 5.91 Å². The number of fused-ring (bicyclic) bond motifs is 2. The third kappa shape index (κ3) is 3.64. The molecule has 27 heavy (non-hydrogen) atoms. The van der Waals surface area contributed by atoms with E-state index in [1.807, 2.05) is 0 Å². The first-order chi connectivity index (χ1) is 12.9. The van der Waals surface area contributed by atoms with E-state index in [1.165, 1.54) is 0 Å². The first-order valence-electron chi connectivity index (χ1n) is 9.37. The predicted octanol–water partition coefficient (Wildman–Crippen LogP) is 2.97. The zero-order valence-corrected chi connectivity index (χ0v) is 15.9. The topological polar surface area (TPSA) is 89.3 Å². The molecule has 4 atom stereocenters. The molecule has 1 amide bonds. The van der Waals surface area contributed by atoms with E-state index in [9.17, 15) is 13.2 Å². The monoisotopic (exact) mass is 384 g/mol. The number of amides is 1. The first kappa shape index (κ1) is 18.2. The zero-order valence-electron chi connectivity index (χ0n) is 15.0. The highest BCUT2D eigenvalue weighted by Gasteiger charge is 2.49. The Kier molecular flexibility index (Phi) is 4.78. The highest BCUT2D eigenvalue weighted by molar-refractivity contribution is 7.90. The minimum Gasteiger partial charge on any atom is -0.327 e. The Balaban J connectivity index is 1.47. The van der Waals surface area contributed by atoms with Crippen molar-refractivity contribution in [2.45, 2.75) is 36.0 Å². The number of hydrogen-bond donors (Lipinski definition) is 2. The van der Waals surface area contributed by atoms with E-state index in [-0.39, 0.29) is 23.6 Å². The summed E-state index contributed by atoms with van der Waals surface area (Å²) in [4.78, 5) is 13.0. The summed E-state index contributed by atoms with van der Waals surface area (Å²) in [7, 11) is -3.42. The highest BCUT2D eigenvalue weighted by atomic mass is 32.2. The lowest BCUT2D eigenvalue weighted by Crippen LogP contribution is -2.42. The molecule has 2 aliphatic carbocycles. The van der Waals surface area contributed by atoms with Gasteiger partial charge in [0.05, 0.1) is 16.6 Å². The van der Waals surface area contributed by atoms with E-state index in [4.69, 9.17) is 5.73 Å². The van der Waals surface area contributed by atoms with Crippen molar-refractivity contribution in [2.75, 3.05) is 5.32 Å². The van der Waals surface area contributed by atoms with Crippen LogP contribution in [0.2, 0.25) is 0 Å². The number of benzene rings is 2. The Morgan fingerprint density at radius 2 is 1.78 bits per heavy atom. The molecule has 3 N–H and O–H groups in total. The Hall–Kier alpha value is -2.18. The molecule has 4 unspecified atom stereocenters. The van der Waals surface area contributed by atoms with Crippen LogP contribution in [0.4, 0.5) is 5.69 Å². The summed E-state index contributed by atoms with van der Waals surface area (Å²) in [5.74, 6) is 0.562. The minimum atomic E-state index is -3.42. The summed E-state index contributed by atoms with van der Waals surface area (Å²) in [6, 6.07) is 15.4. The fourth-order valence-corrected chi connectivity index (χ4v) is 5.98. The molecule has 2 bridgehead atoms. The summed E-state index contributed by atoms with van der Waals surface area (Å²) in [6.07, 6.45) is 3.25. The molecule has 2 aromatic rings. The minimum absolute atomic E-state index is 0.0437. The molecule has 0 aliphatic heterocycles. The molecule has 0 spiro atoms. The van der Waals surface area contributed by atoms with Crippen LogP contribution in [0.1, 0.15) is 24.8 Å². The molecule has 0 heterocycles. The van der Waals surface area contributed by atoms with Crippen molar-refractivity contribution in [3.63, 3.8) is 0 Å². The zero-order chi connectivity index (χ0) is 19.0. The molecule has 0 aromatic heterocycles. The molecule has 0 saturated heterocycles. The number of carbonyl (C=O) groups excluding carboxylic acids is 1. The average molecular weight is 385 g/mol. The smallest absolute Gasteiger partial charge is 0.229 e. The molecule has 2 saturated carbocycles. The number of rotatable bonds is 5. The third-order valence-corrected chi connectivity index (χ3v) is 7.64. The summed E-state index contributed by atoms with van der Waals surface area (Å²) in [5, 5.41) is 2.95. The molecular weight excluding hydrogens is 360 g/mol. The van der Waals surface area contributed by atoms with Gasteiger partial charge in [0.1, 0.15) is 0 Å². The van der Waals surface area contributed by atoms with Crippen LogP contribution >= 0.6 is 0 Å². The maximum Gasteiger partial charge on any atom is 0.229 e. The van der Waals surface area contributed by atoms with Gasteiger partial charge in [0, 0.05) is 11.7 Å². The van der Waals surface area contributed by atoms with Crippen molar-refractivity contribution in [2.24, 2.45) is 23.5 Å². The molecule has 5 nitrogen and oxygen atoms in total. The number of hydrogen-bond acceptors (Lipinski definition) is 4. The van der Waals surface area contributed by atoms with E-state index in [2.05, 4.69) is 5.32 Å². The Labute approximate surface area is 159 Å². The average Bonchev–Trinajstić information content (AvgIpc) is 3.23. The van der Waals surface area contributed by atoms with Gasteiger partial charge in [-0.3, -0.25) is 4.79 Å². The van der Waals surface area contributed by atoms with Crippen LogP contribution in [0.25, 0.3) is 0 Å². The molecule has 4 rings (SSSR count). The number of nitrogens with one attached hydrogen (secondary N) is 1. The second-order valence-electron chi connectivity index (χ2n) is 7.70. The second kappa shape index (κ2) is 7.09. The predicted molar refractivity (Wildman–Crippen MR) is 105 cm³/mol. The van der Waals surface area contributed by atoms with E-state index in [0.717, 1.165) is 19.3 Å². The van der Waals surface area contributed by atoms with Crippen LogP contribution in [-0.2, 0) is 20.4 Å². The molecule has 0 radical (unpaired) electrons. The lowest BCUT2D eigenvalue weighted by Gasteiger charge is -2.27. The number of sulfone groups is 1. The molecule has 2 fully saturated rings.